The monoisotopic (exact) mass is 237 g/mol. The number of thioether (sulfide) groups is 1. The van der Waals surface area contributed by atoms with Crippen LogP contribution in [0.4, 0.5) is 0 Å². The fourth-order valence-electron chi connectivity index (χ4n) is 2.10. The van der Waals surface area contributed by atoms with Gasteiger partial charge in [-0.1, -0.05) is 18.9 Å². The van der Waals surface area contributed by atoms with Gasteiger partial charge in [-0.15, -0.1) is 11.8 Å². The number of hydrogen-bond donors (Lipinski definition) is 1. The van der Waals surface area contributed by atoms with Crippen LogP contribution in [0.2, 0.25) is 0 Å². The molecule has 1 fully saturated rings. The van der Waals surface area contributed by atoms with Crippen LogP contribution >= 0.6 is 11.8 Å². The number of nitrogens with zero attached hydrogens (tertiary/aromatic N) is 1. The van der Waals surface area contributed by atoms with Gasteiger partial charge in [0.2, 0.25) is 0 Å². The second kappa shape index (κ2) is 5.69. The van der Waals surface area contributed by atoms with Gasteiger partial charge in [0.15, 0.2) is 0 Å². The fourth-order valence-corrected chi connectivity index (χ4v) is 3.14. The van der Waals surface area contributed by atoms with E-state index in [1.165, 1.54) is 31.4 Å². The molecule has 0 aromatic carbocycles. The zero-order valence-corrected chi connectivity index (χ0v) is 10.5. The Balaban J connectivity index is 1.84. The Hall–Kier alpha value is -0.540. The molecule has 1 aromatic heterocycles. The lowest BCUT2D eigenvalue weighted by Gasteiger charge is -2.08. The van der Waals surface area contributed by atoms with Gasteiger partial charge in [0, 0.05) is 11.9 Å². The molecule has 1 heterocycles. The highest BCUT2D eigenvalue weighted by atomic mass is 32.2. The van der Waals surface area contributed by atoms with Crippen LogP contribution in [0.5, 0.6) is 0 Å². The van der Waals surface area contributed by atoms with E-state index in [0.717, 1.165) is 16.5 Å². The van der Waals surface area contributed by atoms with Crippen molar-refractivity contribution in [3.8, 4) is 0 Å². The Morgan fingerprint density at radius 3 is 2.75 bits per heavy atom. The molecule has 1 N–H and O–H groups in total. The fraction of sp³-hybridized carbons (Fsp3) is 0.615. The lowest BCUT2D eigenvalue weighted by atomic mass is 10.1. The quantitative estimate of drug-likeness (QED) is 0.815. The van der Waals surface area contributed by atoms with Crippen molar-refractivity contribution in [1.82, 2.24) is 4.98 Å². The molecule has 88 valence electrons. The normalized spacial score (nSPS) is 18.9. The summed E-state index contributed by atoms with van der Waals surface area (Å²) in [6.45, 7) is 1.77. The molecule has 0 spiro atoms. The van der Waals surface area contributed by atoms with Crippen LogP contribution in [-0.2, 0) is 0 Å². The lowest BCUT2D eigenvalue weighted by molar-refractivity contribution is 0.198. The van der Waals surface area contributed by atoms with Crippen LogP contribution in [0.3, 0.4) is 0 Å². The second-order valence-electron chi connectivity index (χ2n) is 4.57. The largest absolute Gasteiger partial charge is 0.389 e. The summed E-state index contributed by atoms with van der Waals surface area (Å²) in [4.78, 5) is 4.36. The number of aliphatic hydroxyl groups excluding tert-OH is 1. The lowest BCUT2D eigenvalue weighted by Crippen LogP contribution is -1.97. The average molecular weight is 237 g/mol. The molecule has 1 saturated carbocycles. The Bertz CT molecular complexity index is 317. The molecule has 1 aliphatic rings. The average Bonchev–Trinajstić information content (AvgIpc) is 2.80. The minimum Gasteiger partial charge on any atom is -0.389 e. The first kappa shape index (κ1) is 11.9. The molecule has 16 heavy (non-hydrogen) atoms. The third-order valence-electron chi connectivity index (χ3n) is 3.18. The van der Waals surface area contributed by atoms with Crippen molar-refractivity contribution in [2.45, 2.75) is 43.7 Å². The van der Waals surface area contributed by atoms with E-state index in [-0.39, 0.29) is 0 Å². The molecule has 1 aromatic rings. The van der Waals surface area contributed by atoms with Gasteiger partial charge in [-0.25, -0.2) is 4.98 Å². The predicted molar refractivity (Wildman–Crippen MR) is 67.6 cm³/mol. The highest BCUT2D eigenvalue weighted by molar-refractivity contribution is 7.99. The van der Waals surface area contributed by atoms with E-state index in [1.807, 2.05) is 23.9 Å². The van der Waals surface area contributed by atoms with Crippen molar-refractivity contribution in [3.63, 3.8) is 0 Å². The van der Waals surface area contributed by atoms with Crippen molar-refractivity contribution in [1.29, 1.82) is 0 Å². The maximum absolute atomic E-state index is 9.37. The van der Waals surface area contributed by atoms with Crippen molar-refractivity contribution in [2.75, 3.05) is 5.75 Å². The molecule has 2 nitrogen and oxygen atoms in total. The number of aliphatic hydroxyl groups is 1. The van der Waals surface area contributed by atoms with Gasteiger partial charge < -0.3 is 5.11 Å². The molecule has 1 atom stereocenters. The van der Waals surface area contributed by atoms with Gasteiger partial charge in [-0.2, -0.15) is 0 Å². The van der Waals surface area contributed by atoms with Crippen molar-refractivity contribution < 1.29 is 5.11 Å². The van der Waals surface area contributed by atoms with Crippen LogP contribution in [-0.4, -0.2) is 15.8 Å². The first-order valence-electron chi connectivity index (χ1n) is 6.02. The summed E-state index contributed by atoms with van der Waals surface area (Å²) in [5.74, 6) is 2.09. The summed E-state index contributed by atoms with van der Waals surface area (Å²) in [6, 6.07) is 3.98. The molecule has 0 radical (unpaired) electrons. The first-order valence-corrected chi connectivity index (χ1v) is 7.01. The van der Waals surface area contributed by atoms with Crippen LogP contribution in [0.1, 0.15) is 44.3 Å². The van der Waals surface area contributed by atoms with E-state index < -0.39 is 6.10 Å². The van der Waals surface area contributed by atoms with Crippen LogP contribution in [0.25, 0.3) is 0 Å². The highest BCUT2D eigenvalue weighted by Crippen LogP contribution is 2.30. The summed E-state index contributed by atoms with van der Waals surface area (Å²) in [5.41, 5.74) is 0.894. The Morgan fingerprint density at radius 2 is 2.19 bits per heavy atom. The first-order chi connectivity index (χ1) is 7.75. The highest BCUT2D eigenvalue weighted by Gasteiger charge is 2.15. The van der Waals surface area contributed by atoms with E-state index in [1.54, 1.807) is 13.1 Å². The minimum absolute atomic E-state index is 0.415. The standard InChI is InChI=1S/C13H19NOS/c1-10(15)12-6-7-13(14-8-12)16-9-11-4-2-3-5-11/h6-8,10-11,15H,2-5,9H2,1H3. The third-order valence-corrected chi connectivity index (χ3v) is 4.36. The zero-order chi connectivity index (χ0) is 11.4. The van der Waals surface area contributed by atoms with Gasteiger partial charge in [0.25, 0.3) is 0 Å². The number of pyridine rings is 1. The smallest absolute Gasteiger partial charge is 0.0960 e. The summed E-state index contributed by atoms with van der Waals surface area (Å²) < 4.78 is 0. The molecule has 3 heteroatoms. The molecule has 0 amide bonds. The van der Waals surface area contributed by atoms with Gasteiger partial charge in [-0.3, -0.25) is 0 Å². The number of rotatable bonds is 4. The molecular formula is C13H19NOS. The van der Waals surface area contributed by atoms with Crippen molar-refractivity contribution in [3.05, 3.63) is 23.9 Å². The molecular weight excluding hydrogens is 218 g/mol. The summed E-state index contributed by atoms with van der Waals surface area (Å²) >= 11 is 1.85. The van der Waals surface area contributed by atoms with Gasteiger partial charge in [-0.05, 0) is 37.3 Å². The SMILES string of the molecule is CC(O)c1ccc(SCC2CCCC2)nc1. The maximum Gasteiger partial charge on any atom is 0.0960 e. The second-order valence-corrected chi connectivity index (χ2v) is 5.61. The topological polar surface area (TPSA) is 33.1 Å². The van der Waals surface area contributed by atoms with E-state index in [4.69, 9.17) is 0 Å². The molecule has 0 saturated heterocycles. The van der Waals surface area contributed by atoms with E-state index in [0.29, 0.717) is 0 Å². The van der Waals surface area contributed by atoms with Gasteiger partial charge in [0.1, 0.15) is 0 Å². The van der Waals surface area contributed by atoms with E-state index >= 15 is 0 Å². The summed E-state index contributed by atoms with van der Waals surface area (Å²) in [7, 11) is 0. The van der Waals surface area contributed by atoms with Gasteiger partial charge >= 0.3 is 0 Å². The summed E-state index contributed by atoms with van der Waals surface area (Å²) in [6.07, 6.45) is 6.94. The third kappa shape index (κ3) is 3.22. The van der Waals surface area contributed by atoms with Crippen molar-refractivity contribution >= 4 is 11.8 Å². The van der Waals surface area contributed by atoms with Gasteiger partial charge in [0.05, 0.1) is 11.1 Å². The van der Waals surface area contributed by atoms with Crippen molar-refractivity contribution in [2.24, 2.45) is 5.92 Å². The molecule has 0 bridgehead atoms. The van der Waals surface area contributed by atoms with E-state index in [9.17, 15) is 5.11 Å². The molecule has 1 aliphatic carbocycles. The molecule has 2 rings (SSSR count). The zero-order valence-electron chi connectivity index (χ0n) is 9.72. The molecule has 1 unspecified atom stereocenters. The summed E-state index contributed by atoms with van der Waals surface area (Å²) in [5, 5.41) is 10.5. The number of hydrogen-bond acceptors (Lipinski definition) is 3. The maximum atomic E-state index is 9.37. The van der Waals surface area contributed by atoms with E-state index in [2.05, 4.69) is 4.98 Å². The molecule has 0 aliphatic heterocycles. The van der Waals surface area contributed by atoms with Crippen LogP contribution in [0.15, 0.2) is 23.4 Å². The van der Waals surface area contributed by atoms with Crippen LogP contribution in [0, 0.1) is 5.92 Å². The Morgan fingerprint density at radius 1 is 1.44 bits per heavy atom. The Labute approximate surface area is 101 Å². The number of aromatic nitrogens is 1. The predicted octanol–water partition coefficient (Wildman–Crippen LogP) is 3.42. The Kier molecular flexibility index (Phi) is 4.24. The minimum atomic E-state index is -0.415. The van der Waals surface area contributed by atoms with Crippen LogP contribution < -0.4 is 0 Å².